The number of hydrogen-bond donors (Lipinski definition) is 0. The van der Waals surface area contributed by atoms with Gasteiger partial charge in [-0.15, -0.1) is 0 Å². The van der Waals surface area contributed by atoms with Crippen molar-refractivity contribution in [2.45, 2.75) is 51.4 Å². The van der Waals surface area contributed by atoms with Crippen LogP contribution in [0.25, 0.3) is 5.57 Å². The summed E-state index contributed by atoms with van der Waals surface area (Å²) in [6.07, 6.45) is 7.00. The number of benzene rings is 9. The fourth-order valence-electron chi connectivity index (χ4n) is 13.7. The fraction of sp³-hybridized carbons (Fsp3) is 0.147. The van der Waals surface area contributed by atoms with E-state index in [0.29, 0.717) is 5.92 Å². The van der Waals surface area contributed by atoms with Crippen LogP contribution in [0.4, 0.5) is 28.4 Å². The average molecular weight is 931 g/mol. The summed E-state index contributed by atoms with van der Waals surface area (Å²) in [4.78, 5) is 5.07. The second-order valence-corrected chi connectivity index (χ2v) is 25.1. The molecule has 0 aromatic heterocycles. The molecule has 0 heterocycles. The second kappa shape index (κ2) is 16.4. The standard InChI is InChI=1S/C68H58N2Si/c1-66(2)60-37-19-17-23-48(60)43-49-39-40-54(46-63(49)66)69(50-24-9-5-10-25-50)52-28-21-34-57(44-52)71(55-30-13-7-14-31-55,56-32-15-8-16-33-56)58-35-22-29-53(45-58)70(51-26-11-6-12-27-51)65-42-41-62-59-36-18-20-38-61(59)67(3,4)68(62)47-64(65)68/h5-42,44-46,64H,43,47H2,1-4H3. The first-order valence-electron chi connectivity index (χ1n) is 25.5. The number of anilines is 5. The Bertz CT molecular complexity index is 3520. The highest BCUT2D eigenvalue weighted by molar-refractivity contribution is 7.20. The lowest BCUT2D eigenvalue weighted by molar-refractivity contribution is 0.371. The third-order valence-corrected chi connectivity index (χ3v) is 21.8. The van der Waals surface area contributed by atoms with E-state index in [0.717, 1.165) is 29.9 Å². The maximum absolute atomic E-state index is 3.07. The largest absolute Gasteiger partial charge is 0.314 e. The van der Waals surface area contributed by atoms with Gasteiger partial charge in [0.15, 0.2) is 8.07 Å². The van der Waals surface area contributed by atoms with Crippen molar-refractivity contribution in [3.05, 3.63) is 288 Å². The van der Waals surface area contributed by atoms with Crippen LogP contribution in [0.15, 0.2) is 254 Å². The predicted octanol–water partition coefficient (Wildman–Crippen LogP) is 14.2. The molecule has 2 nitrogen and oxygen atoms in total. The first kappa shape index (κ1) is 43.3. The Balaban J connectivity index is 1.00. The van der Waals surface area contributed by atoms with E-state index in [9.17, 15) is 0 Å². The molecule has 9 aromatic rings. The molecule has 4 aliphatic carbocycles. The van der Waals surface area contributed by atoms with E-state index < -0.39 is 8.07 Å². The van der Waals surface area contributed by atoms with Crippen LogP contribution in [-0.2, 0) is 17.3 Å². The number of nitrogens with zero attached hydrogens (tertiary/aromatic N) is 2. The molecule has 4 aliphatic rings. The maximum Gasteiger partial charge on any atom is 0.179 e. The van der Waals surface area contributed by atoms with E-state index in [1.807, 2.05) is 0 Å². The van der Waals surface area contributed by atoms with Crippen LogP contribution < -0.4 is 30.5 Å². The summed E-state index contributed by atoms with van der Waals surface area (Å²) in [7, 11) is -3.07. The molecule has 0 amide bonds. The number of hydrogen-bond acceptors (Lipinski definition) is 2. The molecule has 13 rings (SSSR count). The highest BCUT2D eigenvalue weighted by atomic mass is 28.3. The van der Waals surface area contributed by atoms with Gasteiger partial charge in [0, 0.05) is 56.3 Å². The molecule has 0 saturated heterocycles. The van der Waals surface area contributed by atoms with Crippen molar-refractivity contribution in [2.24, 2.45) is 11.3 Å². The number of para-hydroxylation sites is 2. The molecule has 0 bridgehead atoms. The van der Waals surface area contributed by atoms with Gasteiger partial charge in [0.2, 0.25) is 0 Å². The molecule has 0 aliphatic heterocycles. The fourth-order valence-corrected chi connectivity index (χ4v) is 18.5. The van der Waals surface area contributed by atoms with Crippen LogP contribution in [0.3, 0.4) is 0 Å². The van der Waals surface area contributed by atoms with Gasteiger partial charge in [0.05, 0.1) is 0 Å². The Hall–Kier alpha value is -7.72. The highest BCUT2D eigenvalue weighted by Gasteiger charge is 2.71. The molecule has 1 saturated carbocycles. The smallest absolute Gasteiger partial charge is 0.179 e. The van der Waals surface area contributed by atoms with Crippen molar-refractivity contribution >= 4 is 62.8 Å². The number of allylic oxidation sites excluding steroid dienone is 4. The van der Waals surface area contributed by atoms with Gasteiger partial charge in [-0.2, -0.15) is 0 Å². The topological polar surface area (TPSA) is 6.48 Å². The zero-order valence-corrected chi connectivity index (χ0v) is 42.1. The Kier molecular flexibility index (Phi) is 10.0. The lowest BCUT2D eigenvalue weighted by Crippen LogP contribution is -2.74. The normalized spacial score (nSPS) is 18.6. The van der Waals surface area contributed by atoms with Gasteiger partial charge in [0.25, 0.3) is 0 Å². The third-order valence-electron chi connectivity index (χ3n) is 17.1. The van der Waals surface area contributed by atoms with Crippen LogP contribution >= 0.6 is 0 Å². The zero-order valence-electron chi connectivity index (χ0n) is 41.1. The van der Waals surface area contributed by atoms with Gasteiger partial charge in [-0.3, -0.25) is 0 Å². The molecule has 0 N–H and O–H groups in total. The number of fused-ring (bicyclic) bond motifs is 4. The van der Waals surface area contributed by atoms with Crippen LogP contribution in [0.5, 0.6) is 0 Å². The molecule has 344 valence electrons. The molecule has 2 atom stereocenters. The van der Waals surface area contributed by atoms with Gasteiger partial charge >= 0.3 is 0 Å². The molecule has 9 aromatic carbocycles. The summed E-state index contributed by atoms with van der Waals surface area (Å²) in [5.41, 5.74) is 17.2. The first-order valence-corrected chi connectivity index (χ1v) is 27.5. The maximum atomic E-state index is 2.59. The Labute approximate surface area is 420 Å². The van der Waals surface area contributed by atoms with E-state index in [4.69, 9.17) is 0 Å². The summed E-state index contributed by atoms with van der Waals surface area (Å²) < 4.78 is 0. The van der Waals surface area contributed by atoms with Gasteiger partial charge in [-0.25, -0.2) is 0 Å². The van der Waals surface area contributed by atoms with Crippen molar-refractivity contribution in [1.29, 1.82) is 0 Å². The van der Waals surface area contributed by atoms with Crippen molar-refractivity contribution < 1.29 is 0 Å². The van der Waals surface area contributed by atoms with Gasteiger partial charge in [-0.05, 0) is 139 Å². The minimum absolute atomic E-state index is 0.0197. The van der Waals surface area contributed by atoms with Crippen molar-refractivity contribution in [3.63, 3.8) is 0 Å². The van der Waals surface area contributed by atoms with E-state index in [1.54, 1.807) is 0 Å². The lowest BCUT2D eigenvalue weighted by atomic mass is 9.69. The molecular weight excluding hydrogens is 873 g/mol. The molecule has 3 heteroatoms. The third kappa shape index (κ3) is 6.52. The van der Waals surface area contributed by atoms with Crippen molar-refractivity contribution in [1.82, 2.24) is 0 Å². The van der Waals surface area contributed by atoms with Gasteiger partial charge < -0.3 is 9.80 Å². The Morgan fingerprint density at radius 1 is 0.394 bits per heavy atom. The first-order chi connectivity index (χ1) is 34.7. The highest BCUT2D eigenvalue weighted by Crippen LogP contribution is 2.78. The molecule has 1 spiro atoms. The molecule has 71 heavy (non-hydrogen) atoms. The monoisotopic (exact) mass is 930 g/mol. The molecule has 2 unspecified atom stereocenters. The minimum atomic E-state index is -3.07. The van der Waals surface area contributed by atoms with Crippen LogP contribution in [0.1, 0.15) is 67.5 Å². The van der Waals surface area contributed by atoms with Crippen LogP contribution in [-0.4, -0.2) is 8.07 Å². The molecule has 1 fully saturated rings. The van der Waals surface area contributed by atoms with E-state index in [-0.39, 0.29) is 16.2 Å². The SMILES string of the molecule is CC1(C)c2ccccc2Cc2ccc(N(c3ccccc3)c3cccc([Si](c4ccccc4)(c4ccccc4)c4cccc(N(C5=CC=C6c7ccccc7C(C)(C)C67CC57)c5ccccc5)c4)c3)cc21. The summed E-state index contributed by atoms with van der Waals surface area (Å²) in [6, 6.07) is 89.4. The summed E-state index contributed by atoms with van der Waals surface area (Å²) in [6.45, 7) is 9.76. The predicted molar refractivity (Wildman–Crippen MR) is 301 cm³/mol. The quantitative estimate of drug-likeness (QED) is 0.0996. The van der Waals surface area contributed by atoms with E-state index >= 15 is 0 Å². The summed E-state index contributed by atoms with van der Waals surface area (Å²) >= 11 is 0. The summed E-state index contributed by atoms with van der Waals surface area (Å²) in [5, 5.41) is 5.38. The zero-order chi connectivity index (χ0) is 48.0. The lowest BCUT2D eigenvalue weighted by Gasteiger charge is -2.38. The Morgan fingerprint density at radius 3 is 1.51 bits per heavy atom. The minimum Gasteiger partial charge on any atom is -0.314 e. The Morgan fingerprint density at radius 2 is 0.873 bits per heavy atom. The number of rotatable bonds is 10. The van der Waals surface area contributed by atoms with Crippen LogP contribution in [0.2, 0.25) is 0 Å². The molecular formula is C68H58N2Si. The van der Waals surface area contributed by atoms with E-state index in [2.05, 4.69) is 286 Å². The summed E-state index contributed by atoms with van der Waals surface area (Å²) in [5.74, 6) is 0.392. The average Bonchev–Trinajstić information content (AvgIpc) is 4.17. The molecule has 0 radical (unpaired) electrons. The van der Waals surface area contributed by atoms with Gasteiger partial charge in [-0.1, -0.05) is 210 Å². The van der Waals surface area contributed by atoms with E-state index in [1.165, 1.54) is 76.8 Å². The second-order valence-electron chi connectivity index (χ2n) is 21.3. The van der Waals surface area contributed by atoms with Crippen LogP contribution in [0, 0.1) is 11.3 Å². The van der Waals surface area contributed by atoms with Crippen molar-refractivity contribution in [2.75, 3.05) is 9.80 Å². The van der Waals surface area contributed by atoms with Crippen molar-refractivity contribution in [3.8, 4) is 0 Å². The van der Waals surface area contributed by atoms with Gasteiger partial charge in [0.1, 0.15) is 0 Å².